The molecular formula is C20H26N4O2S. The van der Waals surface area contributed by atoms with Crippen LogP contribution < -0.4 is 10.1 Å². The summed E-state index contributed by atoms with van der Waals surface area (Å²) in [5.74, 6) is 0.865. The van der Waals surface area contributed by atoms with Gasteiger partial charge in [-0.2, -0.15) is 5.26 Å². The van der Waals surface area contributed by atoms with Crippen molar-refractivity contribution in [2.45, 2.75) is 76.0 Å². The number of rotatable bonds is 6. The van der Waals surface area contributed by atoms with Crippen molar-refractivity contribution in [3.63, 3.8) is 0 Å². The van der Waals surface area contributed by atoms with E-state index in [1.807, 2.05) is 6.07 Å². The minimum atomic E-state index is -0.925. The first-order chi connectivity index (χ1) is 13.2. The SMILES string of the molecule is CCNC1CCC(Oc2ncnc3sc4c(c23)C(CC(O)C#N)CC4)CC1. The number of ether oxygens (including phenoxy) is 1. The number of hydrogen-bond acceptors (Lipinski definition) is 7. The molecule has 0 aliphatic heterocycles. The molecule has 1 fully saturated rings. The number of aliphatic hydroxyl groups is 1. The van der Waals surface area contributed by atoms with Gasteiger partial charge in [0.15, 0.2) is 0 Å². The third-order valence-corrected chi connectivity index (χ3v) is 6.97. The summed E-state index contributed by atoms with van der Waals surface area (Å²) in [7, 11) is 0. The van der Waals surface area contributed by atoms with Crippen LogP contribution in [-0.2, 0) is 6.42 Å². The van der Waals surface area contributed by atoms with E-state index < -0.39 is 6.10 Å². The van der Waals surface area contributed by atoms with E-state index in [0.717, 1.165) is 55.3 Å². The van der Waals surface area contributed by atoms with Crippen molar-refractivity contribution in [1.29, 1.82) is 5.26 Å². The van der Waals surface area contributed by atoms with E-state index >= 15 is 0 Å². The molecule has 2 aliphatic rings. The van der Waals surface area contributed by atoms with Crippen molar-refractivity contribution < 1.29 is 9.84 Å². The molecule has 2 heterocycles. The van der Waals surface area contributed by atoms with Gasteiger partial charge < -0.3 is 15.2 Å². The molecule has 2 unspecified atom stereocenters. The molecule has 2 aromatic rings. The van der Waals surface area contributed by atoms with Gasteiger partial charge in [0.25, 0.3) is 0 Å². The van der Waals surface area contributed by atoms with Crippen LogP contribution in [0.1, 0.15) is 61.8 Å². The molecule has 2 N–H and O–H groups in total. The third-order valence-electron chi connectivity index (χ3n) is 5.80. The van der Waals surface area contributed by atoms with Crippen LogP contribution in [-0.4, -0.2) is 39.9 Å². The zero-order valence-electron chi connectivity index (χ0n) is 15.6. The maximum absolute atomic E-state index is 9.83. The smallest absolute Gasteiger partial charge is 0.225 e. The Labute approximate surface area is 163 Å². The van der Waals surface area contributed by atoms with Gasteiger partial charge in [-0.15, -0.1) is 11.3 Å². The first-order valence-corrected chi connectivity index (χ1v) is 10.7. The van der Waals surface area contributed by atoms with Crippen molar-refractivity contribution in [1.82, 2.24) is 15.3 Å². The molecule has 144 valence electrons. The highest BCUT2D eigenvalue weighted by Gasteiger charge is 2.32. The fraction of sp³-hybridized carbons (Fsp3) is 0.650. The van der Waals surface area contributed by atoms with E-state index in [4.69, 9.17) is 10.00 Å². The van der Waals surface area contributed by atoms with Gasteiger partial charge in [-0.3, -0.25) is 0 Å². The molecule has 6 nitrogen and oxygen atoms in total. The highest BCUT2D eigenvalue weighted by Crippen LogP contribution is 2.47. The number of nitrogens with one attached hydrogen (secondary N) is 1. The molecule has 7 heteroatoms. The summed E-state index contributed by atoms with van der Waals surface area (Å²) >= 11 is 1.70. The van der Waals surface area contributed by atoms with Crippen molar-refractivity contribution >= 4 is 21.6 Å². The highest BCUT2D eigenvalue weighted by molar-refractivity contribution is 7.19. The maximum Gasteiger partial charge on any atom is 0.225 e. The summed E-state index contributed by atoms with van der Waals surface area (Å²) in [5, 5.41) is 23.4. The Bertz CT molecular complexity index is 838. The topological polar surface area (TPSA) is 91.1 Å². The van der Waals surface area contributed by atoms with Gasteiger partial charge in [0.1, 0.15) is 23.4 Å². The predicted octanol–water partition coefficient (Wildman–Crippen LogP) is 3.30. The molecular weight excluding hydrogens is 360 g/mol. The van der Waals surface area contributed by atoms with E-state index in [9.17, 15) is 5.11 Å². The monoisotopic (exact) mass is 386 g/mol. The summed E-state index contributed by atoms with van der Waals surface area (Å²) in [5.41, 5.74) is 1.21. The second-order valence-corrected chi connectivity index (χ2v) is 8.65. The highest BCUT2D eigenvalue weighted by atomic mass is 32.1. The first-order valence-electron chi connectivity index (χ1n) is 9.93. The van der Waals surface area contributed by atoms with Gasteiger partial charge >= 0.3 is 0 Å². The molecule has 0 spiro atoms. The van der Waals surface area contributed by atoms with Crippen LogP contribution in [0.4, 0.5) is 0 Å². The predicted molar refractivity (Wildman–Crippen MR) is 105 cm³/mol. The largest absolute Gasteiger partial charge is 0.474 e. The lowest BCUT2D eigenvalue weighted by molar-refractivity contribution is 0.136. The molecule has 4 rings (SSSR count). The van der Waals surface area contributed by atoms with Crippen LogP contribution >= 0.6 is 11.3 Å². The minimum absolute atomic E-state index is 0.182. The Morgan fingerprint density at radius 2 is 2.15 bits per heavy atom. The van der Waals surface area contributed by atoms with Crippen LogP contribution in [0, 0.1) is 11.3 Å². The van der Waals surface area contributed by atoms with Crippen LogP contribution in [0.2, 0.25) is 0 Å². The normalized spacial score (nSPS) is 25.9. The van der Waals surface area contributed by atoms with E-state index in [-0.39, 0.29) is 12.0 Å². The molecule has 27 heavy (non-hydrogen) atoms. The quantitative estimate of drug-likeness (QED) is 0.740. The summed E-state index contributed by atoms with van der Waals surface area (Å²) in [6.45, 7) is 3.16. The zero-order chi connectivity index (χ0) is 18.8. The molecule has 0 saturated heterocycles. The number of nitrogens with zero attached hydrogens (tertiary/aromatic N) is 3. The molecule has 2 aromatic heterocycles. The van der Waals surface area contributed by atoms with Crippen molar-refractivity contribution in [3.8, 4) is 11.9 Å². The van der Waals surface area contributed by atoms with Crippen molar-refractivity contribution in [2.24, 2.45) is 0 Å². The summed E-state index contributed by atoms with van der Waals surface area (Å²) in [6, 6.07) is 2.55. The lowest BCUT2D eigenvalue weighted by Gasteiger charge is -2.29. The van der Waals surface area contributed by atoms with Gasteiger partial charge in [-0.05, 0) is 63.0 Å². The molecule has 1 saturated carbocycles. The van der Waals surface area contributed by atoms with E-state index in [1.54, 1.807) is 17.7 Å². The van der Waals surface area contributed by atoms with Crippen LogP contribution in [0.5, 0.6) is 5.88 Å². The Hall–Kier alpha value is -1.75. The second-order valence-electron chi connectivity index (χ2n) is 7.56. The van der Waals surface area contributed by atoms with Gasteiger partial charge in [0.05, 0.1) is 11.5 Å². The molecule has 0 bridgehead atoms. The number of nitriles is 1. The summed E-state index contributed by atoms with van der Waals surface area (Å²) < 4.78 is 6.36. The molecule has 0 radical (unpaired) electrons. The number of thiophene rings is 1. The zero-order valence-corrected chi connectivity index (χ0v) is 16.5. The Kier molecular flexibility index (Phi) is 5.58. The van der Waals surface area contributed by atoms with Crippen LogP contribution in [0.25, 0.3) is 10.2 Å². The number of hydrogen-bond donors (Lipinski definition) is 2. The average Bonchev–Trinajstić information content (AvgIpc) is 3.23. The van der Waals surface area contributed by atoms with E-state index in [1.165, 1.54) is 10.4 Å². The lowest BCUT2D eigenvalue weighted by Crippen LogP contribution is -2.36. The second kappa shape index (κ2) is 8.09. The van der Waals surface area contributed by atoms with Crippen LogP contribution in [0.3, 0.4) is 0 Å². The molecule has 0 amide bonds. The third kappa shape index (κ3) is 3.79. The molecule has 2 atom stereocenters. The van der Waals surface area contributed by atoms with Crippen molar-refractivity contribution in [2.75, 3.05) is 6.54 Å². The molecule has 0 aromatic carbocycles. The van der Waals surface area contributed by atoms with Gasteiger partial charge in [-0.1, -0.05) is 6.92 Å². The fourth-order valence-electron chi connectivity index (χ4n) is 4.52. The first kappa shape index (κ1) is 18.6. The fourth-order valence-corrected chi connectivity index (χ4v) is 5.75. The van der Waals surface area contributed by atoms with Crippen LogP contribution in [0.15, 0.2) is 6.33 Å². The lowest BCUT2D eigenvalue weighted by atomic mass is 9.92. The van der Waals surface area contributed by atoms with Gasteiger partial charge in [0.2, 0.25) is 5.88 Å². The maximum atomic E-state index is 9.83. The van der Waals surface area contributed by atoms with Gasteiger partial charge in [-0.25, -0.2) is 9.97 Å². The molecule has 2 aliphatic carbocycles. The van der Waals surface area contributed by atoms with E-state index in [2.05, 4.69) is 22.2 Å². The van der Waals surface area contributed by atoms with E-state index in [0.29, 0.717) is 18.3 Å². The number of fused-ring (bicyclic) bond motifs is 3. The van der Waals surface area contributed by atoms with Gasteiger partial charge in [0, 0.05) is 10.9 Å². The Balaban J connectivity index is 1.57. The minimum Gasteiger partial charge on any atom is -0.474 e. The Morgan fingerprint density at radius 3 is 2.89 bits per heavy atom. The number of aryl methyl sites for hydroxylation is 1. The number of aromatic nitrogens is 2. The van der Waals surface area contributed by atoms with Crippen molar-refractivity contribution in [3.05, 3.63) is 16.8 Å². The number of aliphatic hydroxyl groups excluding tert-OH is 1. The standard InChI is InChI=1S/C20H26N4O2S/c1-2-22-13-4-6-15(7-5-13)26-19-18-17-12(9-14(25)10-21)3-8-16(17)27-20(18)24-11-23-19/h11-15,22,25H,2-9H2,1H3. The average molecular weight is 387 g/mol. The summed E-state index contributed by atoms with van der Waals surface area (Å²) in [6.07, 6.45) is 7.60. The summed E-state index contributed by atoms with van der Waals surface area (Å²) in [4.78, 5) is 11.2. The Morgan fingerprint density at radius 1 is 1.33 bits per heavy atom.